The molecule has 2 atom stereocenters. The second-order valence-corrected chi connectivity index (χ2v) is 6.57. The van der Waals surface area contributed by atoms with Crippen LogP contribution in [-0.2, 0) is 9.59 Å². The van der Waals surface area contributed by atoms with E-state index in [0.29, 0.717) is 22.9 Å². The molecule has 2 amide bonds. The van der Waals surface area contributed by atoms with E-state index >= 15 is 0 Å². The maximum atomic E-state index is 13.0. The van der Waals surface area contributed by atoms with Crippen molar-refractivity contribution in [2.45, 2.75) is 12.5 Å². The molecule has 7 nitrogen and oxygen atoms in total. The molecule has 0 spiro atoms. The average molecular weight is 384 g/mol. The Labute approximate surface area is 164 Å². The number of likely N-dealkylation sites (tertiary alicyclic amines) is 1. The van der Waals surface area contributed by atoms with E-state index in [1.54, 1.807) is 24.1 Å². The highest BCUT2D eigenvalue weighted by molar-refractivity contribution is 5.98. The summed E-state index contributed by atoms with van der Waals surface area (Å²) in [5.74, 6) is 0.535. The van der Waals surface area contributed by atoms with E-state index in [-0.39, 0.29) is 24.3 Å². The molecular weight excluding hydrogens is 360 g/mol. The normalized spacial score (nSPS) is 18.7. The van der Waals surface area contributed by atoms with Crippen molar-refractivity contribution in [2.24, 2.45) is 5.92 Å². The first-order valence-corrected chi connectivity index (χ1v) is 8.91. The number of nitrogens with zero attached hydrogens (tertiary/aromatic N) is 1. The zero-order valence-corrected chi connectivity index (χ0v) is 16.4. The third-order valence-corrected chi connectivity index (χ3v) is 5.00. The maximum absolute atomic E-state index is 13.0. The average Bonchev–Trinajstić information content (AvgIpc) is 3.02. The Morgan fingerprint density at radius 3 is 2.18 bits per heavy atom. The van der Waals surface area contributed by atoms with Gasteiger partial charge in [-0.3, -0.25) is 9.59 Å². The van der Waals surface area contributed by atoms with Gasteiger partial charge in [-0.25, -0.2) is 0 Å². The van der Waals surface area contributed by atoms with Crippen LogP contribution in [0.3, 0.4) is 0 Å². The minimum Gasteiger partial charge on any atom is -0.493 e. The second kappa shape index (κ2) is 8.21. The van der Waals surface area contributed by atoms with Crippen LogP contribution in [0.2, 0.25) is 0 Å². The smallest absolute Gasteiger partial charge is 0.230 e. The van der Waals surface area contributed by atoms with E-state index in [0.717, 1.165) is 5.56 Å². The van der Waals surface area contributed by atoms with Crippen LogP contribution in [0.1, 0.15) is 18.0 Å². The number of hydrogen-bond donors (Lipinski definition) is 1. The first-order chi connectivity index (χ1) is 13.5. The Morgan fingerprint density at radius 2 is 1.64 bits per heavy atom. The number of rotatable bonds is 6. The molecule has 1 saturated heterocycles. The van der Waals surface area contributed by atoms with Crippen LogP contribution in [0.5, 0.6) is 17.2 Å². The van der Waals surface area contributed by atoms with Crippen molar-refractivity contribution < 1.29 is 23.8 Å². The summed E-state index contributed by atoms with van der Waals surface area (Å²) < 4.78 is 16.0. The Hall–Kier alpha value is -3.22. The molecule has 3 rings (SSSR count). The van der Waals surface area contributed by atoms with E-state index < -0.39 is 5.92 Å². The molecule has 0 saturated carbocycles. The highest BCUT2D eigenvalue weighted by atomic mass is 16.5. The molecule has 2 aromatic rings. The highest BCUT2D eigenvalue weighted by Crippen LogP contribution is 2.41. The summed E-state index contributed by atoms with van der Waals surface area (Å²) in [5, 5.41) is 2.89. The van der Waals surface area contributed by atoms with Crippen molar-refractivity contribution >= 4 is 17.5 Å². The molecule has 1 aliphatic heterocycles. The fraction of sp³-hybridized carbons (Fsp3) is 0.333. The molecule has 0 aromatic heterocycles. The monoisotopic (exact) mass is 384 g/mol. The Balaban J connectivity index is 1.89. The summed E-state index contributed by atoms with van der Waals surface area (Å²) in [6.45, 7) is 0. The van der Waals surface area contributed by atoms with E-state index in [9.17, 15) is 9.59 Å². The van der Waals surface area contributed by atoms with Crippen LogP contribution in [0.4, 0.5) is 5.69 Å². The van der Waals surface area contributed by atoms with Crippen molar-refractivity contribution in [3.8, 4) is 17.2 Å². The zero-order valence-electron chi connectivity index (χ0n) is 16.4. The van der Waals surface area contributed by atoms with Gasteiger partial charge in [-0.15, -0.1) is 0 Å². The second-order valence-electron chi connectivity index (χ2n) is 6.57. The number of ether oxygens (including phenoxy) is 3. The maximum Gasteiger partial charge on any atom is 0.230 e. The molecule has 148 valence electrons. The summed E-state index contributed by atoms with van der Waals surface area (Å²) in [4.78, 5) is 27.0. The largest absolute Gasteiger partial charge is 0.493 e. The van der Waals surface area contributed by atoms with Gasteiger partial charge in [-0.1, -0.05) is 30.3 Å². The SMILES string of the molecule is COc1cc(NC(=O)[C@H]2CC(=O)N(C)[C@@H]2c2ccccc2)cc(OC)c1OC. The van der Waals surface area contributed by atoms with Gasteiger partial charge in [0.15, 0.2) is 11.5 Å². The number of hydrogen-bond acceptors (Lipinski definition) is 5. The number of benzene rings is 2. The zero-order chi connectivity index (χ0) is 20.3. The van der Waals surface area contributed by atoms with Crippen LogP contribution in [0.25, 0.3) is 0 Å². The number of carbonyl (C=O) groups is 2. The molecule has 1 N–H and O–H groups in total. The van der Waals surface area contributed by atoms with Gasteiger partial charge in [0.25, 0.3) is 0 Å². The van der Waals surface area contributed by atoms with Gasteiger partial charge in [-0.2, -0.15) is 0 Å². The Kier molecular flexibility index (Phi) is 5.73. The minimum absolute atomic E-state index is 0.0566. The molecule has 7 heteroatoms. The fourth-order valence-corrected chi connectivity index (χ4v) is 3.60. The lowest BCUT2D eigenvalue weighted by Crippen LogP contribution is -2.30. The molecule has 2 aromatic carbocycles. The van der Waals surface area contributed by atoms with Crippen molar-refractivity contribution in [3.63, 3.8) is 0 Å². The van der Waals surface area contributed by atoms with Crippen LogP contribution < -0.4 is 19.5 Å². The Morgan fingerprint density at radius 1 is 1.04 bits per heavy atom. The predicted molar refractivity (Wildman–Crippen MR) is 105 cm³/mol. The van der Waals surface area contributed by atoms with Gasteiger partial charge in [0.1, 0.15) is 0 Å². The molecule has 0 aliphatic carbocycles. The van der Waals surface area contributed by atoms with Gasteiger partial charge in [0.05, 0.1) is 33.3 Å². The van der Waals surface area contributed by atoms with Gasteiger partial charge >= 0.3 is 0 Å². The molecular formula is C21H24N2O5. The first-order valence-electron chi connectivity index (χ1n) is 8.91. The van der Waals surface area contributed by atoms with Crippen molar-refractivity contribution in [3.05, 3.63) is 48.0 Å². The number of anilines is 1. The summed E-state index contributed by atoms with van der Waals surface area (Å²) >= 11 is 0. The minimum atomic E-state index is -0.501. The fourth-order valence-electron chi connectivity index (χ4n) is 3.60. The number of amides is 2. The lowest BCUT2D eigenvalue weighted by molar-refractivity contribution is -0.127. The topological polar surface area (TPSA) is 77.1 Å². The molecule has 1 heterocycles. The van der Waals surface area contributed by atoms with Crippen molar-refractivity contribution in [2.75, 3.05) is 33.7 Å². The molecule has 1 fully saturated rings. The van der Waals surface area contributed by atoms with Crippen LogP contribution in [-0.4, -0.2) is 45.1 Å². The quantitative estimate of drug-likeness (QED) is 0.829. The molecule has 1 aliphatic rings. The molecule has 0 bridgehead atoms. The van der Waals surface area contributed by atoms with Crippen LogP contribution in [0.15, 0.2) is 42.5 Å². The van der Waals surface area contributed by atoms with Gasteiger partial charge < -0.3 is 24.4 Å². The van der Waals surface area contributed by atoms with Gasteiger partial charge in [0.2, 0.25) is 17.6 Å². The molecule has 28 heavy (non-hydrogen) atoms. The van der Waals surface area contributed by atoms with Gasteiger partial charge in [-0.05, 0) is 5.56 Å². The third kappa shape index (κ3) is 3.60. The van der Waals surface area contributed by atoms with Crippen molar-refractivity contribution in [1.82, 2.24) is 4.90 Å². The highest BCUT2D eigenvalue weighted by Gasteiger charge is 2.42. The molecule has 0 radical (unpaired) electrons. The van der Waals surface area contributed by atoms with Gasteiger partial charge in [0, 0.05) is 31.3 Å². The van der Waals surface area contributed by atoms with Crippen LogP contribution >= 0.6 is 0 Å². The predicted octanol–water partition coefficient (Wildman–Crippen LogP) is 2.87. The van der Waals surface area contributed by atoms with E-state index in [1.165, 1.54) is 21.3 Å². The summed E-state index contributed by atoms with van der Waals surface area (Å²) in [5.41, 5.74) is 1.44. The van der Waals surface area contributed by atoms with Crippen molar-refractivity contribution in [1.29, 1.82) is 0 Å². The van der Waals surface area contributed by atoms with E-state index in [4.69, 9.17) is 14.2 Å². The lowest BCUT2D eigenvalue weighted by atomic mass is 9.93. The number of methoxy groups -OCH3 is 3. The lowest BCUT2D eigenvalue weighted by Gasteiger charge is -2.25. The van der Waals surface area contributed by atoms with E-state index in [2.05, 4.69) is 5.32 Å². The number of carbonyl (C=O) groups excluding carboxylic acids is 2. The van der Waals surface area contributed by atoms with E-state index in [1.807, 2.05) is 30.3 Å². The van der Waals surface area contributed by atoms with Crippen LogP contribution in [0, 0.1) is 5.92 Å². The Bertz CT molecular complexity index is 843. The summed E-state index contributed by atoms with van der Waals surface area (Å²) in [7, 11) is 6.27. The molecule has 0 unspecified atom stereocenters. The summed E-state index contributed by atoms with van der Waals surface area (Å²) in [6, 6.07) is 12.6. The third-order valence-electron chi connectivity index (χ3n) is 5.00. The standard InChI is InChI=1S/C21H24N2O5/c1-23-18(24)12-15(19(23)13-8-6-5-7-9-13)21(25)22-14-10-16(26-2)20(28-4)17(11-14)27-3/h5-11,15,19H,12H2,1-4H3,(H,22,25)/t15-,19+/m0/s1. The number of nitrogens with one attached hydrogen (secondary N) is 1. The summed E-state index contributed by atoms with van der Waals surface area (Å²) in [6.07, 6.45) is 0.159. The first kappa shape index (κ1) is 19.5.